The Balaban J connectivity index is 0.00000441. The van der Waals surface area contributed by atoms with Crippen molar-refractivity contribution >= 4 is 28.2 Å². The Labute approximate surface area is 137 Å². The molecule has 0 heterocycles. The van der Waals surface area contributed by atoms with Crippen LogP contribution in [0.4, 0.5) is 0 Å². The quantitative estimate of drug-likeness (QED) is 0.764. The number of nitrogens with one attached hydrogen (secondary N) is 1. The summed E-state index contributed by atoms with van der Waals surface area (Å²) in [5, 5.41) is 2.67. The lowest BCUT2D eigenvalue weighted by Crippen LogP contribution is -2.42. The number of hydrogen-bond donors (Lipinski definition) is 2. The highest BCUT2D eigenvalue weighted by Crippen LogP contribution is 2.18. The summed E-state index contributed by atoms with van der Waals surface area (Å²) in [5.41, 5.74) is 5.42. The van der Waals surface area contributed by atoms with Crippen LogP contribution in [0.25, 0.3) is 0 Å². The molecule has 3 N–H and O–H groups in total. The maximum atomic E-state index is 12.3. The van der Waals surface area contributed by atoms with E-state index in [1.807, 2.05) is 0 Å². The van der Waals surface area contributed by atoms with Crippen molar-refractivity contribution in [1.29, 1.82) is 0 Å². The molecule has 1 amide bonds. The molecule has 6 nitrogen and oxygen atoms in total. The molecule has 1 aromatic rings. The van der Waals surface area contributed by atoms with Crippen molar-refractivity contribution in [3.05, 3.63) is 24.3 Å². The number of carbonyl (C=O) groups is 1. The second-order valence-electron chi connectivity index (χ2n) is 5.00. The summed E-state index contributed by atoms with van der Waals surface area (Å²) in [6.07, 6.45) is 0. The fraction of sp³-hybridized carbons (Fsp3) is 0.500. The second-order valence-corrected chi connectivity index (χ2v) is 7.04. The van der Waals surface area contributed by atoms with Gasteiger partial charge >= 0.3 is 0 Å². The van der Waals surface area contributed by atoms with Gasteiger partial charge in [-0.1, -0.05) is 6.92 Å². The van der Waals surface area contributed by atoms with Crippen LogP contribution in [0.3, 0.4) is 0 Å². The van der Waals surface area contributed by atoms with Crippen LogP contribution in [0, 0.1) is 5.92 Å². The number of nitrogens with two attached hydrogens (primary N) is 1. The van der Waals surface area contributed by atoms with Gasteiger partial charge in [0.2, 0.25) is 5.91 Å². The van der Waals surface area contributed by atoms with Crippen LogP contribution in [-0.4, -0.2) is 39.8 Å². The summed E-state index contributed by atoms with van der Waals surface area (Å²) in [7, 11) is -2.01. The topological polar surface area (TPSA) is 98.5 Å². The van der Waals surface area contributed by atoms with Gasteiger partial charge in [0.05, 0.1) is 17.8 Å². The lowest BCUT2D eigenvalue weighted by Gasteiger charge is -2.16. The Bertz CT molecular complexity index is 575. The lowest BCUT2D eigenvalue weighted by atomic mass is 10.2. The van der Waals surface area contributed by atoms with Gasteiger partial charge in [0.15, 0.2) is 9.84 Å². The molecule has 1 unspecified atom stereocenters. The minimum absolute atomic E-state index is 0. The van der Waals surface area contributed by atoms with Gasteiger partial charge in [-0.25, -0.2) is 8.42 Å². The van der Waals surface area contributed by atoms with Crippen molar-refractivity contribution in [2.45, 2.75) is 24.8 Å². The van der Waals surface area contributed by atoms with Gasteiger partial charge < -0.3 is 15.8 Å². The summed E-state index contributed by atoms with van der Waals surface area (Å²) < 4.78 is 29.5. The standard InChI is InChI=1S/C14H22N2O4S.ClH/c1-10(14(17)16-11(2)8-15)9-21(18,19)13-6-4-12(20-3)5-7-13;/h4-7,10-11H,8-9,15H2,1-3H3,(H,16,17);1H/t10?,11-;/m0./s1. The average molecular weight is 351 g/mol. The molecule has 0 aromatic heterocycles. The minimum atomic E-state index is -3.52. The molecule has 0 aliphatic rings. The van der Waals surface area contributed by atoms with Crippen LogP contribution in [0.2, 0.25) is 0 Å². The first-order valence-corrected chi connectivity index (χ1v) is 8.32. The van der Waals surface area contributed by atoms with Crippen LogP contribution < -0.4 is 15.8 Å². The van der Waals surface area contributed by atoms with E-state index in [1.165, 1.54) is 19.2 Å². The van der Waals surface area contributed by atoms with Crippen molar-refractivity contribution < 1.29 is 17.9 Å². The fourth-order valence-electron chi connectivity index (χ4n) is 1.73. The Kier molecular flexibility index (Phi) is 8.44. The van der Waals surface area contributed by atoms with E-state index < -0.39 is 15.8 Å². The third-order valence-electron chi connectivity index (χ3n) is 3.08. The first-order valence-electron chi connectivity index (χ1n) is 6.67. The molecule has 1 aromatic carbocycles. The van der Waals surface area contributed by atoms with Gasteiger partial charge in [-0.05, 0) is 31.2 Å². The van der Waals surface area contributed by atoms with Crippen molar-refractivity contribution in [2.24, 2.45) is 11.7 Å². The molecule has 0 saturated carbocycles. The SMILES string of the molecule is COc1ccc(S(=O)(=O)CC(C)C(=O)N[C@@H](C)CN)cc1.Cl. The fourth-order valence-corrected chi connectivity index (χ4v) is 3.28. The summed E-state index contributed by atoms with van der Waals surface area (Å²) in [6.45, 7) is 3.66. The number of sulfone groups is 1. The highest BCUT2D eigenvalue weighted by atomic mass is 35.5. The second kappa shape index (κ2) is 8.97. The lowest BCUT2D eigenvalue weighted by molar-refractivity contribution is -0.124. The summed E-state index contributed by atoms with van der Waals surface area (Å²) in [5.74, 6) is -0.629. The van der Waals surface area contributed by atoms with Crippen molar-refractivity contribution in [2.75, 3.05) is 19.4 Å². The number of halogens is 1. The predicted octanol–water partition coefficient (Wildman–Crippen LogP) is 0.990. The molecule has 0 fully saturated rings. The van der Waals surface area contributed by atoms with Crippen molar-refractivity contribution in [3.63, 3.8) is 0 Å². The van der Waals surface area contributed by atoms with Crippen LogP contribution in [0.15, 0.2) is 29.2 Å². The number of ether oxygens (including phenoxy) is 1. The number of amides is 1. The maximum absolute atomic E-state index is 12.3. The van der Waals surface area contributed by atoms with E-state index in [1.54, 1.807) is 26.0 Å². The monoisotopic (exact) mass is 350 g/mol. The summed E-state index contributed by atoms with van der Waals surface area (Å²) in [4.78, 5) is 12.0. The van der Waals surface area contributed by atoms with E-state index in [4.69, 9.17) is 10.5 Å². The Morgan fingerprint density at radius 3 is 2.27 bits per heavy atom. The largest absolute Gasteiger partial charge is 0.497 e. The maximum Gasteiger partial charge on any atom is 0.224 e. The molecule has 0 aliphatic carbocycles. The molecule has 0 bridgehead atoms. The molecule has 0 saturated heterocycles. The predicted molar refractivity (Wildman–Crippen MR) is 88.1 cm³/mol. The number of methoxy groups -OCH3 is 1. The van der Waals surface area contributed by atoms with Crippen LogP contribution in [-0.2, 0) is 14.6 Å². The Hall–Kier alpha value is -1.31. The smallest absolute Gasteiger partial charge is 0.224 e. The van der Waals surface area contributed by atoms with Gasteiger partial charge in [0.1, 0.15) is 5.75 Å². The highest BCUT2D eigenvalue weighted by molar-refractivity contribution is 7.91. The van der Waals surface area contributed by atoms with Crippen LogP contribution >= 0.6 is 12.4 Å². The van der Waals surface area contributed by atoms with Gasteiger partial charge in [-0.15, -0.1) is 12.4 Å². The average Bonchev–Trinajstić information content (AvgIpc) is 2.46. The number of rotatable bonds is 7. The molecule has 0 radical (unpaired) electrons. The number of hydrogen-bond acceptors (Lipinski definition) is 5. The normalized spacial score (nSPS) is 13.6. The third kappa shape index (κ3) is 5.82. The number of benzene rings is 1. The first kappa shape index (κ1) is 20.7. The van der Waals surface area contributed by atoms with E-state index in [2.05, 4.69) is 5.32 Å². The zero-order valence-electron chi connectivity index (χ0n) is 12.9. The van der Waals surface area contributed by atoms with Gasteiger partial charge in [-0.2, -0.15) is 0 Å². The minimum Gasteiger partial charge on any atom is -0.497 e. The number of carbonyl (C=O) groups excluding carboxylic acids is 1. The van der Waals surface area contributed by atoms with Crippen LogP contribution in [0.5, 0.6) is 5.75 Å². The molecule has 0 aliphatic heterocycles. The molecular formula is C14H23ClN2O4S. The van der Waals surface area contributed by atoms with Crippen LogP contribution in [0.1, 0.15) is 13.8 Å². The molecule has 126 valence electrons. The third-order valence-corrected chi connectivity index (χ3v) is 5.01. The van der Waals surface area contributed by atoms with Gasteiger partial charge in [-0.3, -0.25) is 4.79 Å². The van der Waals surface area contributed by atoms with E-state index in [0.717, 1.165) is 0 Å². The summed E-state index contributed by atoms with van der Waals surface area (Å²) >= 11 is 0. The van der Waals surface area contributed by atoms with E-state index in [0.29, 0.717) is 12.3 Å². The summed E-state index contributed by atoms with van der Waals surface area (Å²) in [6, 6.07) is 5.92. The molecular weight excluding hydrogens is 328 g/mol. The molecule has 22 heavy (non-hydrogen) atoms. The van der Waals surface area contributed by atoms with Crippen molar-refractivity contribution in [1.82, 2.24) is 5.32 Å². The molecule has 8 heteroatoms. The Morgan fingerprint density at radius 1 is 1.27 bits per heavy atom. The Morgan fingerprint density at radius 2 is 1.82 bits per heavy atom. The molecule has 2 atom stereocenters. The first-order chi connectivity index (χ1) is 9.80. The van der Waals surface area contributed by atoms with Gasteiger partial charge in [0, 0.05) is 18.5 Å². The zero-order valence-corrected chi connectivity index (χ0v) is 14.5. The van der Waals surface area contributed by atoms with E-state index >= 15 is 0 Å². The molecule has 0 spiro atoms. The zero-order chi connectivity index (χ0) is 16.0. The van der Waals surface area contributed by atoms with E-state index in [9.17, 15) is 13.2 Å². The highest BCUT2D eigenvalue weighted by Gasteiger charge is 2.23. The van der Waals surface area contributed by atoms with Gasteiger partial charge in [0.25, 0.3) is 0 Å². The van der Waals surface area contributed by atoms with Crippen molar-refractivity contribution in [3.8, 4) is 5.75 Å². The van der Waals surface area contributed by atoms with E-state index in [-0.39, 0.29) is 35.0 Å². The molecule has 1 rings (SSSR count).